The fraction of sp³-hybridized carbons (Fsp3) is 0.576. The topological polar surface area (TPSA) is 83.4 Å². The molecular formula is C33H45N3O3. The predicted octanol–water partition coefficient (Wildman–Crippen LogP) is 6.66. The highest BCUT2D eigenvalue weighted by molar-refractivity contribution is 5.97. The van der Waals surface area contributed by atoms with Gasteiger partial charge < -0.3 is 20.3 Å². The van der Waals surface area contributed by atoms with Crippen molar-refractivity contribution in [3.05, 3.63) is 53.2 Å². The van der Waals surface area contributed by atoms with E-state index in [0.29, 0.717) is 30.4 Å². The molecule has 2 aromatic rings. The van der Waals surface area contributed by atoms with Gasteiger partial charge >= 0.3 is 5.97 Å². The van der Waals surface area contributed by atoms with Gasteiger partial charge in [-0.05, 0) is 112 Å². The second-order valence-electron chi connectivity index (χ2n) is 13.0. The van der Waals surface area contributed by atoms with Crippen molar-refractivity contribution in [1.82, 2.24) is 15.2 Å². The van der Waals surface area contributed by atoms with E-state index in [9.17, 15) is 14.7 Å². The average molecular weight is 532 g/mol. The van der Waals surface area contributed by atoms with E-state index in [4.69, 9.17) is 0 Å². The minimum atomic E-state index is -0.772. The van der Waals surface area contributed by atoms with Crippen LogP contribution >= 0.6 is 0 Å². The van der Waals surface area contributed by atoms with Crippen molar-refractivity contribution in [3.63, 3.8) is 0 Å². The lowest BCUT2D eigenvalue weighted by atomic mass is 9.80. The number of nitrogens with one attached hydrogen (secondary N) is 2. The molecule has 0 spiro atoms. The summed E-state index contributed by atoms with van der Waals surface area (Å²) in [5.41, 5.74) is 7.48. The zero-order chi connectivity index (χ0) is 27.9. The van der Waals surface area contributed by atoms with Crippen LogP contribution in [-0.2, 0) is 16.8 Å². The number of carboxylic acid groups (broad SMARTS) is 1. The molecule has 39 heavy (non-hydrogen) atoms. The van der Waals surface area contributed by atoms with Gasteiger partial charge in [0.25, 0.3) is 5.91 Å². The lowest BCUT2D eigenvalue weighted by Gasteiger charge is -2.32. The fourth-order valence-electron chi connectivity index (χ4n) is 6.38. The molecule has 6 nitrogen and oxygen atoms in total. The molecule has 3 N–H and O–H groups in total. The van der Waals surface area contributed by atoms with Crippen molar-refractivity contribution in [3.8, 4) is 11.3 Å². The molecule has 0 atom stereocenters. The summed E-state index contributed by atoms with van der Waals surface area (Å²) in [5, 5.41) is 15.8. The number of nitrogens with zero attached hydrogens (tertiary/aromatic N) is 1. The molecule has 0 unspecified atom stereocenters. The van der Waals surface area contributed by atoms with Gasteiger partial charge in [0.1, 0.15) is 0 Å². The molecule has 1 aromatic heterocycles. The summed E-state index contributed by atoms with van der Waals surface area (Å²) in [4.78, 5) is 24.7. The van der Waals surface area contributed by atoms with Crippen LogP contribution in [0.3, 0.4) is 0 Å². The SMILES string of the molecule is C=C(NC(C)C)c1cc(-c2cc(C(=O)NC3CC(C(=O)O)C3)c(C)n2CC2CCCCC2)cc(C2(C)CC2)c1. The Morgan fingerprint density at radius 2 is 1.79 bits per heavy atom. The lowest BCUT2D eigenvalue weighted by molar-refractivity contribution is -0.145. The van der Waals surface area contributed by atoms with Gasteiger partial charge in [0.2, 0.25) is 0 Å². The van der Waals surface area contributed by atoms with Gasteiger partial charge in [-0.25, -0.2) is 0 Å². The Kier molecular flexibility index (Phi) is 7.67. The Balaban J connectivity index is 1.52. The lowest BCUT2D eigenvalue weighted by Crippen LogP contribution is -2.46. The monoisotopic (exact) mass is 531 g/mol. The second kappa shape index (κ2) is 10.9. The van der Waals surface area contributed by atoms with Crippen molar-refractivity contribution in [2.45, 2.75) is 110 Å². The third kappa shape index (κ3) is 5.95. The minimum Gasteiger partial charge on any atom is -0.481 e. The largest absolute Gasteiger partial charge is 0.481 e. The van der Waals surface area contributed by atoms with E-state index in [-0.39, 0.29) is 23.3 Å². The van der Waals surface area contributed by atoms with E-state index in [2.05, 4.69) is 73.7 Å². The van der Waals surface area contributed by atoms with Crippen LogP contribution in [0.4, 0.5) is 0 Å². The smallest absolute Gasteiger partial charge is 0.306 e. The van der Waals surface area contributed by atoms with Crippen molar-refractivity contribution >= 4 is 17.6 Å². The zero-order valence-electron chi connectivity index (χ0n) is 24.1. The average Bonchev–Trinajstić information content (AvgIpc) is 3.55. The van der Waals surface area contributed by atoms with E-state index >= 15 is 0 Å². The molecule has 0 saturated heterocycles. The van der Waals surface area contributed by atoms with E-state index in [1.807, 2.05) is 0 Å². The molecule has 1 heterocycles. The number of carbonyl (C=O) groups is 2. The first kappa shape index (κ1) is 27.5. The van der Waals surface area contributed by atoms with Crippen LogP contribution in [0.15, 0.2) is 30.8 Å². The molecule has 0 radical (unpaired) electrons. The van der Waals surface area contributed by atoms with Gasteiger partial charge in [0, 0.05) is 35.7 Å². The van der Waals surface area contributed by atoms with Crippen LogP contribution in [0.5, 0.6) is 0 Å². The first-order valence-electron chi connectivity index (χ1n) is 14.9. The molecular weight excluding hydrogens is 486 g/mol. The number of amides is 1. The van der Waals surface area contributed by atoms with Crippen molar-refractivity contribution in [1.29, 1.82) is 0 Å². The first-order chi connectivity index (χ1) is 18.5. The Morgan fingerprint density at radius 3 is 2.41 bits per heavy atom. The highest BCUT2D eigenvalue weighted by Gasteiger charge is 2.40. The van der Waals surface area contributed by atoms with Crippen LogP contribution in [0.2, 0.25) is 0 Å². The number of hydrogen-bond donors (Lipinski definition) is 3. The van der Waals surface area contributed by atoms with Gasteiger partial charge in [-0.1, -0.05) is 32.8 Å². The summed E-state index contributed by atoms with van der Waals surface area (Å²) in [6, 6.07) is 9.14. The molecule has 6 heteroatoms. The Bertz CT molecular complexity index is 1260. The Morgan fingerprint density at radius 1 is 1.10 bits per heavy atom. The molecule has 0 bridgehead atoms. The van der Waals surface area contributed by atoms with Crippen LogP contribution in [0, 0.1) is 18.8 Å². The van der Waals surface area contributed by atoms with Crippen LogP contribution in [0.25, 0.3) is 17.0 Å². The summed E-state index contributed by atoms with van der Waals surface area (Å²) in [5.74, 6) is -0.600. The molecule has 3 aliphatic rings. The molecule has 1 amide bonds. The van der Waals surface area contributed by atoms with E-state index in [1.54, 1.807) is 0 Å². The third-order valence-corrected chi connectivity index (χ3v) is 9.34. The fourth-order valence-corrected chi connectivity index (χ4v) is 6.38. The highest BCUT2D eigenvalue weighted by Crippen LogP contribution is 2.49. The summed E-state index contributed by atoms with van der Waals surface area (Å²) in [7, 11) is 0. The maximum Gasteiger partial charge on any atom is 0.306 e. The Labute approximate surface area is 233 Å². The number of carboxylic acids is 1. The van der Waals surface area contributed by atoms with Crippen LogP contribution in [0.1, 0.15) is 106 Å². The van der Waals surface area contributed by atoms with E-state index in [0.717, 1.165) is 34.8 Å². The number of carbonyl (C=O) groups excluding carboxylic acids is 1. The van der Waals surface area contributed by atoms with Crippen LogP contribution < -0.4 is 10.6 Å². The number of rotatable bonds is 10. The molecule has 3 saturated carbocycles. The summed E-state index contributed by atoms with van der Waals surface area (Å²) in [6.45, 7) is 13.9. The summed E-state index contributed by atoms with van der Waals surface area (Å²) < 4.78 is 2.38. The molecule has 3 aliphatic carbocycles. The molecule has 3 fully saturated rings. The van der Waals surface area contributed by atoms with E-state index in [1.165, 1.54) is 50.5 Å². The van der Waals surface area contributed by atoms with Gasteiger partial charge in [-0.2, -0.15) is 0 Å². The maximum atomic E-state index is 13.5. The quantitative estimate of drug-likeness (QED) is 0.320. The van der Waals surface area contributed by atoms with Crippen molar-refractivity contribution in [2.24, 2.45) is 11.8 Å². The molecule has 210 valence electrons. The first-order valence-corrected chi connectivity index (χ1v) is 14.9. The zero-order valence-corrected chi connectivity index (χ0v) is 24.1. The highest BCUT2D eigenvalue weighted by atomic mass is 16.4. The predicted molar refractivity (Wildman–Crippen MR) is 157 cm³/mol. The third-order valence-electron chi connectivity index (χ3n) is 9.34. The normalized spacial score (nSPS) is 22.3. The number of aromatic nitrogens is 1. The van der Waals surface area contributed by atoms with Gasteiger partial charge in [-0.15, -0.1) is 0 Å². The van der Waals surface area contributed by atoms with Crippen molar-refractivity contribution in [2.75, 3.05) is 0 Å². The maximum absolute atomic E-state index is 13.5. The van der Waals surface area contributed by atoms with Gasteiger partial charge in [0.15, 0.2) is 0 Å². The Hall–Kier alpha value is -3.02. The molecule has 5 rings (SSSR count). The minimum absolute atomic E-state index is 0.0710. The van der Waals surface area contributed by atoms with Crippen molar-refractivity contribution < 1.29 is 14.7 Å². The van der Waals surface area contributed by atoms with E-state index < -0.39 is 5.97 Å². The van der Waals surface area contributed by atoms with Gasteiger partial charge in [-0.3, -0.25) is 9.59 Å². The number of benzene rings is 1. The standard InChI is InChI=1S/C33H45N3O3/c1-20(2)34-21(3)24-13-25(15-27(14-24)33(5)11-12-33)30-18-29(31(37)35-28-16-26(17-28)32(38)39)22(4)36(30)19-23-9-7-6-8-10-23/h13-15,18,20,23,26,28,34H,3,6-12,16-17,19H2,1-2,4-5H3,(H,35,37)(H,38,39). The van der Waals surface area contributed by atoms with Gasteiger partial charge in [0.05, 0.1) is 11.5 Å². The number of hydrogen-bond acceptors (Lipinski definition) is 3. The molecule has 0 aliphatic heterocycles. The molecule has 1 aromatic carbocycles. The summed E-state index contributed by atoms with van der Waals surface area (Å²) >= 11 is 0. The number of aliphatic carboxylic acids is 1. The van der Waals surface area contributed by atoms with Crippen LogP contribution in [-0.4, -0.2) is 33.6 Å². The second-order valence-corrected chi connectivity index (χ2v) is 13.0. The summed E-state index contributed by atoms with van der Waals surface area (Å²) in [6.07, 6.45) is 9.72.